The summed E-state index contributed by atoms with van der Waals surface area (Å²) in [5.41, 5.74) is 3.27. The molecule has 3 aromatic heterocycles. The van der Waals surface area contributed by atoms with Gasteiger partial charge in [-0.3, -0.25) is 9.19 Å². The zero-order chi connectivity index (χ0) is 16.9. The van der Waals surface area contributed by atoms with Crippen LogP contribution in [0.3, 0.4) is 0 Å². The molecule has 0 radical (unpaired) electrons. The van der Waals surface area contributed by atoms with Crippen LogP contribution in [0.15, 0.2) is 36.0 Å². The average molecular weight is 343 g/mol. The van der Waals surface area contributed by atoms with Crippen molar-refractivity contribution in [3.63, 3.8) is 0 Å². The zero-order valence-electron chi connectivity index (χ0n) is 14.0. The van der Waals surface area contributed by atoms with Crippen LogP contribution in [-0.4, -0.2) is 34.5 Å². The van der Waals surface area contributed by atoms with Gasteiger partial charge in [-0.25, -0.2) is 15.0 Å². The molecule has 0 saturated carbocycles. The lowest BCUT2D eigenvalue weighted by molar-refractivity contribution is 0.599. The molecule has 126 valence electrons. The summed E-state index contributed by atoms with van der Waals surface area (Å²) >= 11 is 0. The van der Waals surface area contributed by atoms with Crippen LogP contribution in [0, 0.1) is 13.8 Å². The van der Waals surface area contributed by atoms with Gasteiger partial charge in [0.2, 0.25) is 5.16 Å². The summed E-state index contributed by atoms with van der Waals surface area (Å²) in [5, 5.41) is 0.428. The number of hydrogen-bond donors (Lipinski definition) is 0. The summed E-state index contributed by atoms with van der Waals surface area (Å²) in [5.74, 6) is 1.62. The first-order valence-electron chi connectivity index (χ1n) is 8.09. The van der Waals surface area contributed by atoms with E-state index < -0.39 is 10.8 Å². The number of unbranched alkanes of at least 4 members (excludes halogenated alkanes) is 2. The third-order valence-electron chi connectivity index (χ3n) is 3.98. The predicted molar refractivity (Wildman–Crippen MR) is 94.2 cm³/mol. The Morgan fingerprint density at radius 2 is 1.88 bits per heavy atom. The minimum Gasteiger partial charge on any atom is -0.328 e. The first-order valence-corrected chi connectivity index (χ1v) is 9.41. The largest absolute Gasteiger partial charge is 0.328 e. The van der Waals surface area contributed by atoms with Crippen molar-refractivity contribution in [3.8, 4) is 0 Å². The summed E-state index contributed by atoms with van der Waals surface area (Å²) < 4.78 is 14.3. The molecule has 0 aliphatic heterocycles. The highest BCUT2D eigenvalue weighted by Crippen LogP contribution is 2.19. The van der Waals surface area contributed by atoms with Crippen molar-refractivity contribution in [2.75, 3.05) is 5.75 Å². The van der Waals surface area contributed by atoms with Gasteiger partial charge < -0.3 is 4.57 Å². The van der Waals surface area contributed by atoms with Crippen molar-refractivity contribution in [1.82, 2.24) is 24.5 Å². The molecular formula is C17H21N5OS. The first-order chi connectivity index (χ1) is 11.7. The van der Waals surface area contributed by atoms with Crippen molar-refractivity contribution in [2.24, 2.45) is 0 Å². The monoisotopic (exact) mass is 343 g/mol. The summed E-state index contributed by atoms with van der Waals surface area (Å²) in [7, 11) is -1.10. The Labute approximate surface area is 143 Å². The summed E-state index contributed by atoms with van der Waals surface area (Å²) in [6.45, 7) is 5.01. The SMILES string of the molecule is Cc1cncc2nc(C)n(CCCCCS(=O)c3ncccn3)c12. The fraction of sp³-hybridized carbons (Fsp3) is 0.412. The van der Waals surface area contributed by atoms with Crippen LogP contribution >= 0.6 is 0 Å². The molecule has 7 heteroatoms. The molecular weight excluding hydrogens is 322 g/mol. The van der Waals surface area contributed by atoms with Crippen LogP contribution < -0.4 is 0 Å². The van der Waals surface area contributed by atoms with Crippen molar-refractivity contribution in [1.29, 1.82) is 0 Å². The third-order valence-corrected chi connectivity index (χ3v) is 5.26. The number of fused-ring (bicyclic) bond motifs is 1. The van der Waals surface area contributed by atoms with Crippen LogP contribution in [0.1, 0.15) is 30.7 Å². The number of hydrogen-bond acceptors (Lipinski definition) is 5. The molecule has 1 atom stereocenters. The van der Waals surface area contributed by atoms with Crippen LogP contribution in [-0.2, 0) is 17.3 Å². The number of aromatic nitrogens is 5. The normalized spacial score (nSPS) is 12.6. The van der Waals surface area contributed by atoms with Gasteiger partial charge in [-0.1, -0.05) is 6.42 Å². The van der Waals surface area contributed by atoms with Gasteiger partial charge in [0, 0.05) is 30.9 Å². The Kier molecular flexibility index (Phi) is 5.30. The fourth-order valence-electron chi connectivity index (χ4n) is 2.82. The van der Waals surface area contributed by atoms with Crippen molar-refractivity contribution < 1.29 is 4.21 Å². The Morgan fingerprint density at radius 1 is 1.08 bits per heavy atom. The highest BCUT2D eigenvalue weighted by molar-refractivity contribution is 7.84. The fourth-order valence-corrected chi connectivity index (χ4v) is 3.83. The second-order valence-corrected chi connectivity index (χ2v) is 7.24. The van der Waals surface area contributed by atoms with E-state index >= 15 is 0 Å². The number of aryl methyl sites for hydroxylation is 3. The highest BCUT2D eigenvalue weighted by Gasteiger charge is 2.10. The van der Waals surface area contributed by atoms with Crippen molar-refractivity contribution in [3.05, 3.63) is 42.2 Å². The van der Waals surface area contributed by atoms with Crippen LogP contribution in [0.5, 0.6) is 0 Å². The van der Waals surface area contributed by atoms with E-state index in [4.69, 9.17) is 0 Å². The molecule has 0 N–H and O–H groups in total. The van der Waals surface area contributed by atoms with Crippen LogP contribution in [0.2, 0.25) is 0 Å². The smallest absolute Gasteiger partial charge is 0.218 e. The van der Waals surface area contributed by atoms with Crippen molar-refractivity contribution >= 4 is 21.8 Å². The van der Waals surface area contributed by atoms with Gasteiger partial charge in [-0.2, -0.15) is 0 Å². The maximum absolute atomic E-state index is 12.1. The molecule has 3 rings (SSSR count). The van der Waals surface area contributed by atoms with E-state index in [1.165, 1.54) is 5.52 Å². The van der Waals surface area contributed by atoms with Gasteiger partial charge >= 0.3 is 0 Å². The quantitative estimate of drug-likeness (QED) is 0.487. The number of rotatable bonds is 7. The van der Waals surface area contributed by atoms with E-state index in [0.717, 1.165) is 42.7 Å². The average Bonchev–Trinajstić information content (AvgIpc) is 2.92. The lowest BCUT2D eigenvalue weighted by Crippen LogP contribution is -2.05. The second kappa shape index (κ2) is 7.61. The second-order valence-electron chi connectivity index (χ2n) is 5.78. The van der Waals surface area contributed by atoms with Gasteiger partial charge in [-0.15, -0.1) is 0 Å². The molecule has 0 spiro atoms. The maximum Gasteiger partial charge on any atom is 0.218 e. The molecule has 0 aliphatic carbocycles. The molecule has 0 aliphatic rings. The molecule has 3 heterocycles. The Bertz CT molecular complexity index is 847. The lowest BCUT2D eigenvalue weighted by atomic mass is 10.2. The van der Waals surface area contributed by atoms with E-state index in [2.05, 4.69) is 31.4 Å². The Balaban J connectivity index is 1.52. The van der Waals surface area contributed by atoms with E-state index in [9.17, 15) is 4.21 Å². The molecule has 0 aromatic carbocycles. The Hall–Kier alpha value is -2.15. The van der Waals surface area contributed by atoms with Gasteiger partial charge in [0.15, 0.2) is 0 Å². The first kappa shape index (κ1) is 16.7. The van der Waals surface area contributed by atoms with Crippen LogP contribution in [0.25, 0.3) is 11.0 Å². The predicted octanol–water partition coefficient (Wildman–Crippen LogP) is 2.82. The van der Waals surface area contributed by atoms with E-state index in [0.29, 0.717) is 10.9 Å². The van der Waals surface area contributed by atoms with E-state index in [1.807, 2.05) is 19.3 Å². The Morgan fingerprint density at radius 3 is 2.67 bits per heavy atom. The molecule has 0 saturated heterocycles. The lowest BCUT2D eigenvalue weighted by Gasteiger charge is -2.08. The van der Waals surface area contributed by atoms with Gasteiger partial charge in [0.25, 0.3) is 0 Å². The number of pyridine rings is 1. The van der Waals surface area contributed by atoms with Crippen LogP contribution in [0.4, 0.5) is 0 Å². The van der Waals surface area contributed by atoms with E-state index in [1.54, 1.807) is 18.5 Å². The summed E-state index contributed by atoms with van der Waals surface area (Å²) in [4.78, 5) is 16.9. The minimum atomic E-state index is -1.10. The standard InChI is InChI=1S/C17H21N5OS/c1-13-11-18-12-15-16(13)22(14(2)21-15)9-4-3-5-10-24(23)17-19-7-6-8-20-17/h6-8,11-12H,3-5,9-10H2,1-2H3. The molecule has 24 heavy (non-hydrogen) atoms. The third kappa shape index (κ3) is 3.67. The number of nitrogens with zero attached hydrogens (tertiary/aromatic N) is 5. The minimum absolute atomic E-state index is 0.428. The van der Waals surface area contributed by atoms with Gasteiger partial charge in [0.1, 0.15) is 11.3 Å². The van der Waals surface area contributed by atoms with Crippen molar-refractivity contribution in [2.45, 2.75) is 44.8 Å². The molecule has 0 fully saturated rings. The summed E-state index contributed by atoms with van der Waals surface area (Å²) in [6, 6.07) is 1.73. The van der Waals surface area contributed by atoms with E-state index in [-0.39, 0.29) is 0 Å². The topological polar surface area (TPSA) is 73.6 Å². The summed E-state index contributed by atoms with van der Waals surface area (Å²) in [6.07, 6.45) is 9.90. The maximum atomic E-state index is 12.1. The molecule has 0 amide bonds. The molecule has 3 aromatic rings. The van der Waals surface area contributed by atoms with Gasteiger partial charge in [0.05, 0.1) is 22.5 Å². The molecule has 1 unspecified atom stereocenters. The molecule has 6 nitrogen and oxygen atoms in total. The number of imidazole rings is 1. The molecule has 0 bridgehead atoms. The van der Waals surface area contributed by atoms with Gasteiger partial charge in [-0.05, 0) is 38.3 Å². The zero-order valence-corrected chi connectivity index (χ0v) is 14.8. The highest BCUT2D eigenvalue weighted by atomic mass is 32.2.